The zero-order valence-corrected chi connectivity index (χ0v) is 9.64. The van der Waals surface area contributed by atoms with E-state index >= 15 is 0 Å². The van der Waals surface area contributed by atoms with Crippen molar-refractivity contribution in [2.45, 2.75) is 25.5 Å². The second-order valence-corrected chi connectivity index (χ2v) is 5.30. The summed E-state index contributed by atoms with van der Waals surface area (Å²) in [6, 6.07) is 0. The zero-order chi connectivity index (χ0) is 10.7. The summed E-state index contributed by atoms with van der Waals surface area (Å²) in [5.41, 5.74) is -0.667. The van der Waals surface area contributed by atoms with Gasteiger partial charge in [0, 0.05) is 37.2 Å². The molecule has 0 radical (unpaired) electrons. The first kappa shape index (κ1) is 11.0. The minimum absolute atomic E-state index is 0.446. The van der Waals surface area contributed by atoms with Gasteiger partial charge in [0.1, 0.15) is 5.60 Å². The van der Waals surface area contributed by atoms with E-state index in [-0.39, 0.29) is 0 Å². The summed E-state index contributed by atoms with van der Waals surface area (Å²) in [6.07, 6.45) is 2.60. The average molecular weight is 228 g/mol. The second-order valence-electron chi connectivity index (χ2n) is 3.98. The highest BCUT2D eigenvalue weighted by Crippen LogP contribution is 2.17. The van der Waals surface area contributed by atoms with Gasteiger partial charge < -0.3 is 15.2 Å². The summed E-state index contributed by atoms with van der Waals surface area (Å²) in [6.45, 7) is 4.46. The molecule has 1 aromatic heterocycles. The number of rotatable bonds is 4. The van der Waals surface area contributed by atoms with Crippen LogP contribution in [0.15, 0.2) is 6.20 Å². The highest BCUT2D eigenvalue weighted by Gasteiger charge is 2.31. The molecule has 2 N–H and O–H groups in total. The molecule has 0 spiro atoms. The lowest BCUT2D eigenvalue weighted by molar-refractivity contribution is 0.0269. The van der Waals surface area contributed by atoms with E-state index in [1.165, 1.54) is 4.88 Å². The summed E-state index contributed by atoms with van der Waals surface area (Å²) in [5, 5.41) is 14.3. The fourth-order valence-corrected chi connectivity index (χ4v) is 2.41. The van der Waals surface area contributed by atoms with Gasteiger partial charge in [-0.3, -0.25) is 0 Å². The largest absolute Gasteiger partial charge is 0.386 e. The van der Waals surface area contributed by atoms with Crippen molar-refractivity contribution in [3.05, 3.63) is 16.1 Å². The molecule has 1 fully saturated rings. The summed E-state index contributed by atoms with van der Waals surface area (Å²) >= 11 is 1.68. The van der Waals surface area contributed by atoms with Crippen LogP contribution in [0.2, 0.25) is 0 Å². The van der Waals surface area contributed by atoms with Crippen molar-refractivity contribution in [2.24, 2.45) is 0 Å². The molecule has 84 valence electrons. The van der Waals surface area contributed by atoms with Crippen LogP contribution in [0.25, 0.3) is 0 Å². The van der Waals surface area contributed by atoms with Gasteiger partial charge in [-0.2, -0.15) is 0 Å². The van der Waals surface area contributed by atoms with Gasteiger partial charge in [-0.15, -0.1) is 11.3 Å². The van der Waals surface area contributed by atoms with Crippen molar-refractivity contribution < 1.29 is 9.84 Å². The van der Waals surface area contributed by atoms with Crippen LogP contribution in [0.4, 0.5) is 0 Å². The van der Waals surface area contributed by atoms with E-state index in [1.807, 2.05) is 13.1 Å². The molecular formula is C10H16N2O2S. The first-order chi connectivity index (χ1) is 7.18. The number of hydrogen-bond acceptors (Lipinski definition) is 5. The lowest BCUT2D eigenvalue weighted by atomic mass is 10.0. The summed E-state index contributed by atoms with van der Waals surface area (Å²) in [7, 11) is 0. The first-order valence-electron chi connectivity index (χ1n) is 5.10. The van der Waals surface area contributed by atoms with Gasteiger partial charge in [0.15, 0.2) is 0 Å². The summed E-state index contributed by atoms with van der Waals surface area (Å²) < 4.78 is 5.17. The molecule has 0 saturated carbocycles. The van der Waals surface area contributed by atoms with Crippen LogP contribution in [-0.2, 0) is 11.3 Å². The van der Waals surface area contributed by atoms with Gasteiger partial charge in [0.2, 0.25) is 0 Å². The van der Waals surface area contributed by atoms with Crippen LogP contribution in [0.5, 0.6) is 0 Å². The maximum atomic E-state index is 9.97. The Hall–Kier alpha value is -0.490. The summed E-state index contributed by atoms with van der Waals surface area (Å²) in [5.74, 6) is 0. The number of aliphatic hydroxyl groups is 1. The van der Waals surface area contributed by atoms with Crippen LogP contribution >= 0.6 is 11.3 Å². The van der Waals surface area contributed by atoms with Crippen molar-refractivity contribution in [2.75, 3.05) is 19.8 Å². The molecule has 1 unspecified atom stereocenters. The molecule has 0 aromatic carbocycles. The third kappa shape index (κ3) is 2.98. The Morgan fingerprint density at radius 3 is 3.20 bits per heavy atom. The minimum Gasteiger partial charge on any atom is -0.386 e. The molecule has 1 aromatic rings. The Labute approximate surface area is 93.3 Å². The molecule has 1 saturated heterocycles. The second kappa shape index (κ2) is 4.57. The number of aryl methyl sites for hydroxylation is 1. The van der Waals surface area contributed by atoms with Crippen LogP contribution in [-0.4, -0.2) is 35.5 Å². The molecule has 0 bridgehead atoms. The number of nitrogens with zero attached hydrogens (tertiary/aromatic N) is 1. The Kier molecular flexibility index (Phi) is 3.35. The topological polar surface area (TPSA) is 54.4 Å². The van der Waals surface area contributed by atoms with E-state index in [0.717, 1.165) is 18.0 Å². The Balaban J connectivity index is 1.75. The molecule has 1 atom stereocenters. The van der Waals surface area contributed by atoms with Gasteiger partial charge in [-0.05, 0) is 6.92 Å². The van der Waals surface area contributed by atoms with E-state index in [1.54, 1.807) is 11.3 Å². The average Bonchev–Trinajstić information content (AvgIpc) is 2.76. The number of aromatic nitrogens is 1. The van der Waals surface area contributed by atoms with E-state index in [0.29, 0.717) is 19.8 Å². The fraction of sp³-hybridized carbons (Fsp3) is 0.700. The molecule has 0 amide bonds. The zero-order valence-electron chi connectivity index (χ0n) is 8.82. The molecule has 2 heterocycles. The molecule has 1 aliphatic heterocycles. The van der Waals surface area contributed by atoms with Crippen LogP contribution in [0, 0.1) is 6.92 Å². The number of nitrogens with one attached hydrogen (secondary N) is 1. The minimum atomic E-state index is -0.667. The summed E-state index contributed by atoms with van der Waals surface area (Å²) in [4.78, 5) is 5.38. The lowest BCUT2D eigenvalue weighted by Gasteiger charge is -2.20. The third-order valence-corrected chi connectivity index (χ3v) is 3.42. The predicted octanol–water partition coefficient (Wildman–Crippen LogP) is 0.693. The molecule has 0 aliphatic carbocycles. The normalized spacial score (nSPS) is 26.0. The molecule has 1 aliphatic rings. The highest BCUT2D eigenvalue weighted by atomic mass is 32.1. The Morgan fingerprint density at radius 2 is 2.60 bits per heavy atom. The highest BCUT2D eigenvalue weighted by molar-refractivity contribution is 7.11. The lowest BCUT2D eigenvalue weighted by Crippen LogP contribution is -2.40. The van der Waals surface area contributed by atoms with Crippen molar-refractivity contribution in [3.63, 3.8) is 0 Å². The molecule has 5 heteroatoms. The maximum absolute atomic E-state index is 9.97. The van der Waals surface area contributed by atoms with E-state index < -0.39 is 5.60 Å². The third-order valence-electron chi connectivity index (χ3n) is 2.50. The van der Waals surface area contributed by atoms with Gasteiger partial charge in [-0.25, -0.2) is 4.98 Å². The van der Waals surface area contributed by atoms with Crippen LogP contribution < -0.4 is 5.32 Å². The number of hydrogen-bond donors (Lipinski definition) is 2. The Morgan fingerprint density at radius 1 is 1.73 bits per heavy atom. The van der Waals surface area contributed by atoms with Gasteiger partial charge in [-0.1, -0.05) is 0 Å². The molecule has 2 rings (SSSR count). The number of ether oxygens (including phenoxy) is 1. The van der Waals surface area contributed by atoms with E-state index in [4.69, 9.17) is 4.74 Å². The Bertz CT molecular complexity index is 321. The standard InChI is InChI=1S/C10H16N2O2S/c1-8-12-5-9(15-8)4-11-6-10(13)2-3-14-7-10/h5,11,13H,2-4,6-7H2,1H3. The molecule has 4 nitrogen and oxygen atoms in total. The molecular weight excluding hydrogens is 212 g/mol. The van der Waals surface area contributed by atoms with Crippen LogP contribution in [0.3, 0.4) is 0 Å². The van der Waals surface area contributed by atoms with Gasteiger partial charge in [0.25, 0.3) is 0 Å². The maximum Gasteiger partial charge on any atom is 0.103 e. The predicted molar refractivity (Wildman–Crippen MR) is 58.9 cm³/mol. The van der Waals surface area contributed by atoms with Gasteiger partial charge >= 0.3 is 0 Å². The first-order valence-corrected chi connectivity index (χ1v) is 5.92. The quantitative estimate of drug-likeness (QED) is 0.796. The van der Waals surface area contributed by atoms with Crippen molar-refractivity contribution in [3.8, 4) is 0 Å². The fourth-order valence-electron chi connectivity index (χ4n) is 1.64. The number of thiazole rings is 1. The van der Waals surface area contributed by atoms with Gasteiger partial charge in [0.05, 0.1) is 11.6 Å². The van der Waals surface area contributed by atoms with Crippen molar-refractivity contribution >= 4 is 11.3 Å². The van der Waals surface area contributed by atoms with E-state index in [2.05, 4.69) is 10.3 Å². The monoisotopic (exact) mass is 228 g/mol. The smallest absolute Gasteiger partial charge is 0.103 e. The van der Waals surface area contributed by atoms with Crippen molar-refractivity contribution in [1.29, 1.82) is 0 Å². The van der Waals surface area contributed by atoms with Crippen molar-refractivity contribution in [1.82, 2.24) is 10.3 Å². The molecule has 15 heavy (non-hydrogen) atoms. The van der Waals surface area contributed by atoms with E-state index in [9.17, 15) is 5.11 Å². The van der Waals surface area contributed by atoms with Crippen LogP contribution in [0.1, 0.15) is 16.3 Å². The SMILES string of the molecule is Cc1ncc(CNCC2(O)CCOC2)s1.